The highest BCUT2D eigenvalue weighted by atomic mass is 32.2. The van der Waals surface area contributed by atoms with Crippen LogP contribution < -0.4 is 0 Å². The fourth-order valence-corrected chi connectivity index (χ4v) is 3.54. The molecule has 0 aliphatic heterocycles. The van der Waals surface area contributed by atoms with Gasteiger partial charge in [-0.25, -0.2) is 12.8 Å². The number of aryl methyl sites for hydroxylation is 2. The summed E-state index contributed by atoms with van der Waals surface area (Å²) in [6.45, 7) is 3.39. The van der Waals surface area contributed by atoms with E-state index < -0.39 is 10.0 Å². The van der Waals surface area contributed by atoms with Gasteiger partial charge in [0.1, 0.15) is 10.7 Å². The standard InChI is InChI=1S/C13H16FN3O2S/c1-9-13(10(2)16-15-9)20(18,19)17(3)8-11-5-4-6-12(14)7-11/h4-7H,8H2,1-3H3,(H,15,16). The van der Waals surface area contributed by atoms with E-state index in [1.54, 1.807) is 26.0 Å². The van der Waals surface area contributed by atoms with Gasteiger partial charge in [-0.05, 0) is 31.5 Å². The van der Waals surface area contributed by atoms with Crippen LogP contribution in [0, 0.1) is 19.7 Å². The lowest BCUT2D eigenvalue weighted by Gasteiger charge is -2.17. The first-order valence-corrected chi connectivity index (χ1v) is 7.48. The van der Waals surface area contributed by atoms with Crippen molar-refractivity contribution >= 4 is 10.0 Å². The number of sulfonamides is 1. The van der Waals surface area contributed by atoms with E-state index in [2.05, 4.69) is 10.2 Å². The number of benzene rings is 1. The van der Waals surface area contributed by atoms with Gasteiger partial charge < -0.3 is 0 Å². The van der Waals surface area contributed by atoms with Crippen molar-refractivity contribution in [2.75, 3.05) is 7.05 Å². The van der Waals surface area contributed by atoms with Crippen LogP contribution in [0.5, 0.6) is 0 Å². The molecular formula is C13H16FN3O2S. The Morgan fingerprint density at radius 3 is 2.60 bits per heavy atom. The van der Waals surface area contributed by atoms with Crippen LogP contribution in [-0.2, 0) is 16.6 Å². The van der Waals surface area contributed by atoms with Crippen LogP contribution in [-0.4, -0.2) is 30.0 Å². The summed E-state index contributed by atoms with van der Waals surface area (Å²) in [6.07, 6.45) is 0. The molecule has 108 valence electrons. The molecule has 0 saturated heterocycles. The summed E-state index contributed by atoms with van der Waals surface area (Å²) in [5.74, 6) is -0.385. The second-order valence-electron chi connectivity index (χ2n) is 4.65. The van der Waals surface area contributed by atoms with Crippen molar-refractivity contribution in [2.24, 2.45) is 0 Å². The first-order chi connectivity index (χ1) is 9.32. The molecule has 0 aliphatic carbocycles. The molecule has 0 amide bonds. The number of hydrogen-bond donors (Lipinski definition) is 1. The maximum Gasteiger partial charge on any atom is 0.246 e. The molecule has 0 aliphatic rings. The minimum Gasteiger partial charge on any atom is -0.281 e. The minimum atomic E-state index is -3.65. The zero-order valence-electron chi connectivity index (χ0n) is 11.5. The van der Waals surface area contributed by atoms with Crippen LogP contribution in [0.3, 0.4) is 0 Å². The third-order valence-electron chi connectivity index (χ3n) is 3.02. The Kier molecular flexibility index (Phi) is 3.92. The monoisotopic (exact) mass is 297 g/mol. The first kappa shape index (κ1) is 14.7. The summed E-state index contributed by atoms with van der Waals surface area (Å²) in [6, 6.07) is 5.88. The van der Waals surface area contributed by atoms with Gasteiger partial charge >= 0.3 is 0 Å². The maximum atomic E-state index is 13.1. The van der Waals surface area contributed by atoms with Gasteiger partial charge in [-0.1, -0.05) is 12.1 Å². The minimum absolute atomic E-state index is 0.101. The van der Waals surface area contributed by atoms with Gasteiger partial charge in [0, 0.05) is 13.6 Å². The molecule has 2 rings (SSSR count). The molecule has 2 aromatic rings. The number of hydrogen-bond acceptors (Lipinski definition) is 3. The Morgan fingerprint density at radius 2 is 2.05 bits per heavy atom. The Morgan fingerprint density at radius 1 is 1.35 bits per heavy atom. The van der Waals surface area contributed by atoms with Gasteiger partial charge in [-0.15, -0.1) is 0 Å². The molecule has 0 saturated carbocycles. The number of halogens is 1. The lowest BCUT2D eigenvalue weighted by Crippen LogP contribution is -2.27. The highest BCUT2D eigenvalue weighted by molar-refractivity contribution is 7.89. The topological polar surface area (TPSA) is 66.1 Å². The molecule has 0 unspecified atom stereocenters. The van der Waals surface area contributed by atoms with Crippen LogP contribution in [0.2, 0.25) is 0 Å². The van der Waals surface area contributed by atoms with E-state index >= 15 is 0 Å². The molecule has 7 heteroatoms. The van der Waals surface area contributed by atoms with Gasteiger partial charge in [0.15, 0.2) is 0 Å². The van der Waals surface area contributed by atoms with Crippen molar-refractivity contribution in [2.45, 2.75) is 25.3 Å². The predicted molar refractivity (Wildman–Crippen MR) is 73.1 cm³/mol. The summed E-state index contributed by atoms with van der Waals surface area (Å²) in [7, 11) is -2.19. The molecule has 0 fully saturated rings. The van der Waals surface area contributed by atoms with Gasteiger partial charge in [0.2, 0.25) is 10.0 Å². The molecule has 20 heavy (non-hydrogen) atoms. The normalized spacial score (nSPS) is 12.1. The van der Waals surface area contributed by atoms with E-state index in [9.17, 15) is 12.8 Å². The Bertz CT molecular complexity index is 705. The molecule has 1 heterocycles. The molecule has 0 bridgehead atoms. The van der Waals surface area contributed by atoms with Crippen LogP contribution in [0.1, 0.15) is 17.0 Å². The lowest BCUT2D eigenvalue weighted by atomic mass is 10.2. The summed E-state index contributed by atoms with van der Waals surface area (Å²) < 4.78 is 39.3. The van der Waals surface area contributed by atoms with Gasteiger partial charge in [-0.2, -0.15) is 9.40 Å². The van der Waals surface area contributed by atoms with Crippen molar-refractivity contribution in [3.63, 3.8) is 0 Å². The second kappa shape index (κ2) is 5.34. The van der Waals surface area contributed by atoms with Gasteiger partial charge in [0.05, 0.1) is 11.4 Å². The zero-order valence-corrected chi connectivity index (χ0v) is 12.3. The third-order valence-corrected chi connectivity index (χ3v) is 5.09. The number of H-pyrrole nitrogens is 1. The summed E-state index contributed by atoms with van der Waals surface area (Å²) in [5.41, 5.74) is 1.51. The first-order valence-electron chi connectivity index (χ1n) is 6.04. The lowest BCUT2D eigenvalue weighted by molar-refractivity contribution is 0.464. The van der Waals surface area contributed by atoms with Crippen molar-refractivity contribution in [3.8, 4) is 0 Å². The summed E-state index contributed by atoms with van der Waals surface area (Å²) in [5, 5.41) is 6.55. The fourth-order valence-electron chi connectivity index (χ4n) is 2.05. The summed E-state index contributed by atoms with van der Waals surface area (Å²) >= 11 is 0. The molecule has 0 atom stereocenters. The summed E-state index contributed by atoms with van der Waals surface area (Å²) in [4.78, 5) is 0.177. The van der Waals surface area contributed by atoms with Gasteiger partial charge in [0.25, 0.3) is 0 Å². The van der Waals surface area contributed by atoms with E-state index in [1.807, 2.05) is 0 Å². The van der Waals surface area contributed by atoms with Crippen molar-refractivity contribution in [1.82, 2.24) is 14.5 Å². The molecule has 1 aromatic carbocycles. The molecule has 1 N–H and O–H groups in total. The number of nitrogens with zero attached hydrogens (tertiary/aromatic N) is 2. The number of nitrogens with one attached hydrogen (secondary N) is 1. The highest BCUT2D eigenvalue weighted by Gasteiger charge is 2.27. The number of rotatable bonds is 4. The molecule has 5 nitrogen and oxygen atoms in total. The zero-order chi connectivity index (χ0) is 14.9. The SMILES string of the molecule is Cc1n[nH]c(C)c1S(=O)(=O)N(C)Cc1cccc(F)c1. The van der Waals surface area contributed by atoms with E-state index in [1.165, 1.54) is 23.5 Å². The second-order valence-corrected chi connectivity index (χ2v) is 6.64. The molecule has 1 aromatic heterocycles. The average molecular weight is 297 g/mol. The van der Waals surface area contributed by atoms with Crippen LogP contribution in [0.15, 0.2) is 29.2 Å². The molecule has 0 spiro atoms. The average Bonchev–Trinajstić information content (AvgIpc) is 2.69. The van der Waals surface area contributed by atoms with Crippen molar-refractivity contribution < 1.29 is 12.8 Å². The van der Waals surface area contributed by atoms with Crippen molar-refractivity contribution in [1.29, 1.82) is 0 Å². The fraction of sp³-hybridized carbons (Fsp3) is 0.308. The number of aromatic nitrogens is 2. The van der Waals surface area contributed by atoms with Crippen LogP contribution in [0.4, 0.5) is 4.39 Å². The predicted octanol–water partition coefficient (Wildman–Crippen LogP) is 1.99. The third kappa shape index (κ3) is 2.73. The maximum absolute atomic E-state index is 13.1. The van der Waals surface area contributed by atoms with E-state index in [0.29, 0.717) is 17.0 Å². The largest absolute Gasteiger partial charge is 0.281 e. The van der Waals surface area contributed by atoms with E-state index in [0.717, 1.165) is 0 Å². The Balaban J connectivity index is 2.31. The van der Waals surface area contributed by atoms with Crippen LogP contribution in [0.25, 0.3) is 0 Å². The molecule has 0 radical (unpaired) electrons. The van der Waals surface area contributed by atoms with Crippen molar-refractivity contribution in [3.05, 3.63) is 47.0 Å². The Hall–Kier alpha value is -1.73. The Labute approximate surface area is 117 Å². The molecular weight excluding hydrogens is 281 g/mol. The van der Waals surface area contributed by atoms with E-state index in [4.69, 9.17) is 0 Å². The highest BCUT2D eigenvalue weighted by Crippen LogP contribution is 2.22. The smallest absolute Gasteiger partial charge is 0.246 e. The quantitative estimate of drug-likeness (QED) is 0.938. The number of aromatic amines is 1. The van der Waals surface area contributed by atoms with E-state index in [-0.39, 0.29) is 17.3 Å². The van der Waals surface area contributed by atoms with Crippen LogP contribution >= 0.6 is 0 Å². The van der Waals surface area contributed by atoms with Gasteiger partial charge in [-0.3, -0.25) is 5.10 Å².